The average Bonchev–Trinajstić information content (AvgIpc) is 3.58. The molecule has 1 aliphatic rings. The van der Waals surface area contributed by atoms with Crippen molar-refractivity contribution in [2.24, 2.45) is 0 Å². The second-order valence-corrected chi connectivity index (χ2v) is 9.41. The second kappa shape index (κ2) is 11.6. The minimum absolute atomic E-state index is 0.107. The Balaban J connectivity index is 1.64. The smallest absolute Gasteiger partial charge is 0.335 e. The molecule has 10 nitrogen and oxygen atoms in total. The molecular formula is C29H27N5O5S. The molecule has 1 saturated heterocycles. The number of amides is 1. The first-order valence-electron chi connectivity index (χ1n) is 12.4. The first-order chi connectivity index (χ1) is 19.4. The number of methoxy groups -OCH3 is 2. The van der Waals surface area contributed by atoms with Crippen molar-refractivity contribution in [3.8, 4) is 11.4 Å². The molecule has 1 aliphatic heterocycles. The summed E-state index contributed by atoms with van der Waals surface area (Å²) in [5.41, 5.74) is 3.69. The van der Waals surface area contributed by atoms with Crippen LogP contribution in [0.4, 0.5) is 11.4 Å². The van der Waals surface area contributed by atoms with E-state index in [1.165, 1.54) is 14.2 Å². The molecule has 5 rings (SSSR count). The number of carboxylic acid groups (broad SMARTS) is 1. The highest BCUT2D eigenvalue weighted by Gasteiger charge is 2.42. The van der Waals surface area contributed by atoms with Crippen molar-refractivity contribution in [2.75, 3.05) is 31.0 Å². The highest BCUT2D eigenvalue weighted by molar-refractivity contribution is 7.80. The molecule has 2 aromatic heterocycles. The molecular weight excluding hydrogens is 530 g/mol. The SMILES string of the molecule is COCC(=O)Nc1cc(N2C(=S)N[C@@H](c3ccccn3)[C@@H]2c2cccn2-c2cccc(C(=O)O)c2)ccc1OC. The number of benzene rings is 2. The van der Waals surface area contributed by atoms with Crippen molar-refractivity contribution in [3.63, 3.8) is 0 Å². The average molecular weight is 558 g/mol. The van der Waals surface area contributed by atoms with E-state index in [1.54, 1.807) is 36.5 Å². The number of nitrogens with one attached hydrogen (secondary N) is 2. The largest absolute Gasteiger partial charge is 0.495 e. The zero-order valence-electron chi connectivity index (χ0n) is 21.8. The van der Waals surface area contributed by atoms with Crippen LogP contribution in [0, 0.1) is 0 Å². The van der Waals surface area contributed by atoms with Crippen LogP contribution in [0.25, 0.3) is 5.69 Å². The van der Waals surface area contributed by atoms with Crippen molar-refractivity contribution in [1.82, 2.24) is 14.9 Å². The van der Waals surface area contributed by atoms with E-state index in [-0.39, 0.29) is 30.2 Å². The van der Waals surface area contributed by atoms with Gasteiger partial charge in [-0.3, -0.25) is 9.78 Å². The van der Waals surface area contributed by atoms with Gasteiger partial charge in [-0.2, -0.15) is 0 Å². The zero-order valence-corrected chi connectivity index (χ0v) is 22.6. The number of rotatable bonds is 9. The van der Waals surface area contributed by atoms with E-state index in [9.17, 15) is 14.7 Å². The monoisotopic (exact) mass is 557 g/mol. The van der Waals surface area contributed by atoms with E-state index in [4.69, 9.17) is 21.7 Å². The molecule has 0 aliphatic carbocycles. The predicted molar refractivity (Wildman–Crippen MR) is 154 cm³/mol. The van der Waals surface area contributed by atoms with E-state index < -0.39 is 5.97 Å². The van der Waals surface area contributed by atoms with Gasteiger partial charge in [0.25, 0.3) is 0 Å². The Hall–Kier alpha value is -4.74. The molecule has 0 bridgehead atoms. The molecule has 2 aromatic carbocycles. The number of pyridine rings is 1. The van der Waals surface area contributed by atoms with Crippen LogP contribution in [-0.4, -0.2) is 52.5 Å². The van der Waals surface area contributed by atoms with E-state index >= 15 is 0 Å². The number of ether oxygens (including phenoxy) is 2. The number of hydrogen-bond donors (Lipinski definition) is 3. The first kappa shape index (κ1) is 26.9. The number of carbonyl (C=O) groups excluding carboxylic acids is 1. The van der Waals surface area contributed by atoms with E-state index in [0.717, 1.165) is 11.4 Å². The molecule has 0 saturated carbocycles. The number of hydrogen-bond acceptors (Lipinski definition) is 6. The van der Waals surface area contributed by atoms with Crippen molar-refractivity contribution < 1.29 is 24.2 Å². The van der Waals surface area contributed by atoms with Crippen LogP contribution in [0.1, 0.15) is 33.8 Å². The summed E-state index contributed by atoms with van der Waals surface area (Å²) in [4.78, 5) is 30.6. The van der Waals surface area contributed by atoms with Crippen molar-refractivity contribution in [3.05, 3.63) is 102 Å². The fraction of sp³-hybridized carbons (Fsp3) is 0.172. The van der Waals surface area contributed by atoms with Gasteiger partial charge in [0, 0.05) is 36.6 Å². The normalized spacial score (nSPS) is 16.4. The van der Waals surface area contributed by atoms with Crippen LogP contribution in [0.5, 0.6) is 5.75 Å². The molecule has 0 spiro atoms. The molecule has 3 N–H and O–H groups in total. The fourth-order valence-electron chi connectivity index (χ4n) is 4.85. The Morgan fingerprint density at radius 1 is 1.05 bits per heavy atom. The number of thiocarbonyl (C=S) groups is 1. The quantitative estimate of drug-likeness (QED) is 0.258. The topological polar surface area (TPSA) is 118 Å². The predicted octanol–water partition coefficient (Wildman–Crippen LogP) is 4.34. The molecule has 3 heterocycles. The summed E-state index contributed by atoms with van der Waals surface area (Å²) in [5, 5.41) is 16.3. The number of carboxylic acids is 1. The van der Waals surface area contributed by atoms with E-state index in [0.29, 0.717) is 27.9 Å². The highest BCUT2D eigenvalue weighted by atomic mass is 32.1. The fourth-order valence-corrected chi connectivity index (χ4v) is 5.20. The van der Waals surface area contributed by atoms with Gasteiger partial charge in [0.15, 0.2) is 5.11 Å². The lowest BCUT2D eigenvalue weighted by molar-refractivity contribution is -0.119. The molecule has 40 heavy (non-hydrogen) atoms. The lowest BCUT2D eigenvalue weighted by Crippen LogP contribution is -2.30. The van der Waals surface area contributed by atoms with Crippen LogP contribution in [0.15, 0.2) is 85.2 Å². The molecule has 4 aromatic rings. The summed E-state index contributed by atoms with van der Waals surface area (Å²) in [5.74, 6) is -0.846. The number of nitrogens with zero attached hydrogens (tertiary/aromatic N) is 3. The van der Waals surface area contributed by atoms with Gasteiger partial charge < -0.3 is 34.7 Å². The van der Waals surface area contributed by atoms with Crippen LogP contribution >= 0.6 is 12.2 Å². The van der Waals surface area contributed by atoms with Gasteiger partial charge in [0.2, 0.25) is 5.91 Å². The number of aromatic nitrogens is 2. The summed E-state index contributed by atoms with van der Waals surface area (Å²) >= 11 is 5.86. The standard InChI is InChI=1S/C29H27N5O5S/c1-38-17-25(35)31-22-16-20(11-12-24(22)39-2)34-27(26(32-29(34)40)21-9-3-4-13-30-21)23-10-6-14-33(23)19-8-5-7-18(15-19)28(36)37/h3-16,26-27H,17H2,1-2H3,(H,31,35)(H,32,40)(H,36,37)/t26-,27-/m0/s1. The molecule has 1 fully saturated rings. The summed E-state index contributed by atoms with van der Waals surface area (Å²) in [6, 6.07) is 21.0. The summed E-state index contributed by atoms with van der Waals surface area (Å²) in [6.07, 6.45) is 3.61. The van der Waals surface area contributed by atoms with E-state index in [1.807, 2.05) is 58.1 Å². The van der Waals surface area contributed by atoms with Gasteiger partial charge in [-0.15, -0.1) is 0 Å². The molecule has 204 valence electrons. The lowest BCUT2D eigenvalue weighted by Gasteiger charge is -2.29. The van der Waals surface area contributed by atoms with Crippen LogP contribution < -0.4 is 20.3 Å². The Kier molecular flexibility index (Phi) is 7.76. The molecule has 0 radical (unpaired) electrons. The summed E-state index contributed by atoms with van der Waals surface area (Å²) in [6.45, 7) is -0.107. The Morgan fingerprint density at radius 3 is 2.62 bits per heavy atom. The number of carbonyl (C=O) groups is 2. The van der Waals surface area contributed by atoms with Crippen LogP contribution in [0.2, 0.25) is 0 Å². The maximum atomic E-state index is 12.3. The van der Waals surface area contributed by atoms with Gasteiger partial charge in [-0.25, -0.2) is 4.79 Å². The third kappa shape index (κ3) is 5.24. The Morgan fingerprint density at radius 2 is 1.90 bits per heavy atom. The van der Waals surface area contributed by atoms with Crippen molar-refractivity contribution in [1.29, 1.82) is 0 Å². The number of aromatic carboxylic acids is 1. The summed E-state index contributed by atoms with van der Waals surface area (Å²) < 4.78 is 12.4. The Bertz CT molecular complexity index is 1560. The first-order valence-corrected chi connectivity index (χ1v) is 12.8. The third-order valence-corrected chi connectivity index (χ3v) is 6.88. The summed E-state index contributed by atoms with van der Waals surface area (Å²) in [7, 11) is 2.98. The second-order valence-electron chi connectivity index (χ2n) is 9.02. The van der Waals surface area contributed by atoms with Crippen LogP contribution in [0.3, 0.4) is 0 Å². The maximum Gasteiger partial charge on any atom is 0.335 e. The van der Waals surface area contributed by atoms with Gasteiger partial charge in [-0.05, 0) is 72.9 Å². The maximum absolute atomic E-state index is 12.3. The van der Waals surface area contributed by atoms with Gasteiger partial charge >= 0.3 is 5.97 Å². The molecule has 11 heteroatoms. The molecule has 2 atom stereocenters. The highest BCUT2D eigenvalue weighted by Crippen LogP contribution is 2.43. The molecule has 0 unspecified atom stereocenters. The van der Waals surface area contributed by atoms with E-state index in [2.05, 4.69) is 15.6 Å². The van der Waals surface area contributed by atoms with Crippen molar-refractivity contribution in [2.45, 2.75) is 12.1 Å². The third-order valence-electron chi connectivity index (χ3n) is 6.56. The minimum Gasteiger partial charge on any atom is -0.495 e. The van der Waals surface area contributed by atoms with Crippen LogP contribution in [-0.2, 0) is 9.53 Å². The van der Waals surface area contributed by atoms with Gasteiger partial charge in [0.05, 0.1) is 30.1 Å². The van der Waals surface area contributed by atoms with Gasteiger partial charge in [0.1, 0.15) is 18.4 Å². The Labute approximate surface area is 236 Å². The lowest BCUT2D eigenvalue weighted by atomic mass is 10.0. The van der Waals surface area contributed by atoms with Crippen molar-refractivity contribution >= 4 is 40.6 Å². The number of anilines is 2. The van der Waals surface area contributed by atoms with Gasteiger partial charge in [-0.1, -0.05) is 12.1 Å². The minimum atomic E-state index is -1.01. The molecule has 1 amide bonds. The zero-order chi connectivity index (χ0) is 28.2.